The van der Waals surface area contributed by atoms with Crippen LogP contribution in [-0.4, -0.2) is 0 Å². The van der Waals surface area contributed by atoms with Crippen LogP contribution in [0.3, 0.4) is 0 Å². The maximum atomic E-state index is 2.48. The van der Waals surface area contributed by atoms with E-state index in [1.54, 1.807) is 16.7 Å². The van der Waals surface area contributed by atoms with Crippen LogP contribution in [0.2, 0.25) is 0 Å². The van der Waals surface area contributed by atoms with Crippen LogP contribution in [0, 0.1) is 18.8 Å². The minimum Gasteiger partial charge on any atom is -0.0654 e. The van der Waals surface area contributed by atoms with Crippen molar-refractivity contribution in [3.8, 4) is 0 Å². The van der Waals surface area contributed by atoms with Crippen molar-refractivity contribution in [3.05, 3.63) is 34.9 Å². The van der Waals surface area contributed by atoms with Gasteiger partial charge < -0.3 is 0 Å². The first kappa shape index (κ1) is 18.6. The molecule has 130 valence electrons. The third kappa shape index (κ3) is 5.37. The van der Waals surface area contributed by atoms with Crippen molar-refractivity contribution < 1.29 is 0 Å². The zero-order chi connectivity index (χ0) is 16.7. The zero-order valence-electron chi connectivity index (χ0n) is 16.0. The van der Waals surface area contributed by atoms with Gasteiger partial charge in [0.05, 0.1) is 0 Å². The molecule has 0 saturated heterocycles. The molecule has 0 radical (unpaired) electrons. The minimum atomic E-state index is 0.829. The Balaban J connectivity index is 1.93. The highest BCUT2D eigenvalue weighted by molar-refractivity contribution is 5.34. The molecule has 0 N–H and O–H groups in total. The molecule has 1 aromatic carbocycles. The molecule has 2 rings (SSSR count). The molecular weight excluding hydrogens is 276 g/mol. The van der Waals surface area contributed by atoms with Gasteiger partial charge in [-0.25, -0.2) is 0 Å². The lowest BCUT2D eigenvalue weighted by atomic mass is 9.76. The van der Waals surface area contributed by atoms with Gasteiger partial charge in [0.15, 0.2) is 0 Å². The molecule has 1 fully saturated rings. The summed E-state index contributed by atoms with van der Waals surface area (Å²) in [6.45, 7) is 9.31. The van der Waals surface area contributed by atoms with Crippen molar-refractivity contribution in [2.24, 2.45) is 11.8 Å². The van der Waals surface area contributed by atoms with Crippen molar-refractivity contribution in [3.63, 3.8) is 0 Å². The highest BCUT2D eigenvalue weighted by Crippen LogP contribution is 2.39. The summed E-state index contributed by atoms with van der Waals surface area (Å²) in [6, 6.07) is 7.37. The van der Waals surface area contributed by atoms with Gasteiger partial charge in [-0.05, 0) is 73.5 Å². The van der Waals surface area contributed by atoms with Gasteiger partial charge >= 0.3 is 0 Å². The van der Waals surface area contributed by atoms with E-state index < -0.39 is 0 Å². The Bertz CT molecular complexity index is 447. The summed E-state index contributed by atoms with van der Waals surface area (Å²) in [6.07, 6.45) is 13.9. The van der Waals surface area contributed by atoms with E-state index >= 15 is 0 Å². The van der Waals surface area contributed by atoms with Crippen LogP contribution >= 0.6 is 0 Å². The normalized spacial score (nSPS) is 21.8. The molecule has 0 spiro atoms. The van der Waals surface area contributed by atoms with Crippen molar-refractivity contribution in [1.82, 2.24) is 0 Å². The SMILES string of the molecule is CCCCC1CCC(c2ccc(CC(CC)CC)cc2C)CC1. The monoisotopic (exact) mass is 314 g/mol. The number of hydrogen-bond donors (Lipinski definition) is 0. The number of unbranched alkanes of at least 4 members (excludes halogenated alkanes) is 1. The summed E-state index contributed by atoms with van der Waals surface area (Å²) >= 11 is 0. The van der Waals surface area contributed by atoms with Crippen molar-refractivity contribution in [2.75, 3.05) is 0 Å². The van der Waals surface area contributed by atoms with Crippen LogP contribution in [0.5, 0.6) is 0 Å². The Labute approximate surface area is 145 Å². The average Bonchev–Trinajstić information content (AvgIpc) is 2.58. The topological polar surface area (TPSA) is 0 Å². The third-order valence-corrected chi connectivity index (χ3v) is 6.27. The van der Waals surface area contributed by atoms with Crippen LogP contribution in [0.25, 0.3) is 0 Å². The predicted octanol–water partition coefficient (Wildman–Crippen LogP) is 7.44. The van der Waals surface area contributed by atoms with Gasteiger partial charge in [0.2, 0.25) is 0 Å². The van der Waals surface area contributed by atoms with E-state index in [4.69, 9.17) is 0 Å². The Morgan fingerprint density at radius 2 is 1.70 bits per heavy atom. The van der Waals surface area contributed by atoms with E-state index in [-0.39, 0.29) is 0 Å². The fourth-order valence-electron chi connectivity index (χ4n) is 4.49. The first-order valence-corrected chi connectivity index (χ1v) is 10.3. The second-order valence-electron chi connectivity index (χ2n) is 7.94. The Kier molecular flexibility index (Phi) is 7.66. The lowest BCUT2D eigenvalue weighted by molar-refractivity contribution is 0.304. The predicted molar refractivity (Wildman–Crippen MR) is 103 cm³/mol. The molecule has 23 heavy (non-hydrogen) atoms. The third-order valence-electron chi connectivity index (χ3n) is 6.27. The fourth-order valence-corrected chi connectivity index (χ4v) is 4.49. The van der Waals surface area contributed by atoms with Crippen molar-refractivity contribution >= 4 is 0 Å². The summed E-state index contributed by atoms with van der Waals surface area (Å²) in [4.78, 5) is 0. The lowest BCUT2D eigenvalue weighted by Crippen LogP contribution is -2.14. The zero-order valence-corrected chi connectivity index (χ0v) is 16.0. The molecule has 1 saturated carbocycles. The number of aryl methyl sites for hydroxylation is 1. The molecule has 0 aromatic heterocycles. The molecule has 0 bridgehead atoms. The first-order valence-electron chi connectivity index (χ1n) is 10.3. The molecule has 0 nitrogen and oxygen atoms in total. The number of hydrogen-bond acceptors (Lipinski definition) is 0. The smallest absolute Gasteiger partial charge is 0.0159 e. The number of benzene rings is 1. The van der Waals surface area contributed by atoms with E-state index in [0.29, 0.717) is 0 Å². The molecule has 1 aliphatic carbocycles. The summed E-state index contributed by atoms with van der Waals surface area (Å²) < 4.78 is 0. The summed E-state index contributed by atoms with van der Waals surface area (Å²) in [7, 11) is 0. The Hall–Kier alpha value is -0.780. The van der Waals surface area contributed by atoms with Gasteiger partial charge in [-0.15, -0.1) is 0 Å². The van der Waals surface area contributed by atoms with Crippen LogP contribution in [0.1, 0.15) is 101 Å². The molecule has 1 aromatic rings. The molecule has 0 unspecified atom stereocenters. The van der Waals surface area contributed by atoms with Crippen LogP contribution in [0.15, 0.2) is 18.2 Å². The fraction of sp³-hybridized carbons (Fsp3) is 0.739. The van der Waals surface area contributed by atoms with E-state index in [1.807, 2.05) is 0 Å². The molecular formula is C23H38. The van der Waals surface area contributed by atoms with Crippen molar-refractivity contribution in [1.29, 1.82) is 0 Å². The first-order chi connectivity index (χ1) is 11.2. The maximum absolute atomic E-state index is 2.48. The minimum absolute atomic E-state index is 0.829. The summed E-state index contributed by atoms with van der Waals surface area (Å²) in [5.74, 6) is 2.70. The largest absolute Gasteiger partial charge is 0.0654 e. The average molecular weight is 315 g/mol. The van der Waals surface area contributed by atoms with Gasteiger partial charge in [-0.3, -0.25) is 0 Å². The van der Waals surface area contributed by atoms with Crippen LogP contribution in [-0.2, 0) is 6.42 Å². The molecule has 0 heterocycles. The second kappa shape index (κ2) is 9.50. The van der Waals surface area contributed by atoms with Gasteiger partial charge in [0.25, 0.3) is 0 Å². The van der Waals surface area contributed by atoms with Gasteiger partial charge in [-0.1, -0.05) is 71.1 Å². The van der Waals surface area contributed by atoms with E-state index in [2.05, 4.69) is 45.9 Å². The molecule has 0 heteroatoms. The highest BCUT2D eigenvalue weighted by Gasteiger charge is 2.23. The van der Waals surface area contributed by atoms with Crippen LogP contribution in [0.4, 0.5) is 0 Å². The lowest BCUT2D eigenvalue weighted by Gasteiger charge is -2.30. The summed E-state index contributed by atoms with van der Waals surface area (Å²) in [5.41, 5.74) is 4.74. The van der Waals surface area contributed by atoms with E-state index in [9.17, 15) is 0 Å². The Morgan fingerprint density at radius 3 is 2.26 bits per heavy atom. The molecule has 0 atom stereocenters. The molecule has 0 amide bonds. The number of rotatable bonds is 8. The van der Waals surface area contributed by atoms with Crippen molar-refractivity contribution in [2.45, 2.75) is 97.8 Å². The van der Waals surface area contributed by atoms with Crippen LogP contribution < -0.4 is 0 Å². The van der Waals surface area contributed by atoms with E-state index in [0.717, 1.165) is 17.8 Å². The molecule has 0 aliphatic heterocycles. The standard InChI is InChI=1S/C23H38/c1-5-8-9-20-10-13-22(14-11-20)23-15-12-21(16-18(23)4)17-19(6-2)7-3/h12,15-16,19-20,22H,5-11,13-14,17H2,1-4H3. The summed E-state index contributed by atoms with van der Waals surface area (Å²) in [5, 5.41) is 0. The maximum Gasteiger partial charge on any atom is -0.0159 e. The second-order valence-corrected chi connectivity index (χ2v) is 7.94. The van der Waals surface area contributed by atoms with Gasteiger partial charge in [-0.2, -0.15) is 0 Å². The van der Waals surface area contributed by atoms with Gasteiger partial charge in [0.1, 0.15) is 0 Å². The highest BCUT2D eigenvalue weighted by atomic mass is 14.3. The van der Waals surface area contributed by atoms with E-state index in [1.165, 1.54) is 64.2 Å². The van der Waals surface area contributed by atoms with Gasteiger partial charge in [0, 0.05) is 0 Å². The Morgan fingerprint density at radius 1 is 1.00 bits per heavy atom. The quantitative estimate of drug-likeness (QED) is 0.467. The molecule has 1 aliphatic rings.